The fourth-order valence-corrected chi connectivity index (χ4v) is 4.11. The van der Waals surface area contributed by atoms with E-state index in [0.717, 1.165) is 36.5 Å². The van der Waals surface area contributed by atoms with Crippen LogP contribution in [0.1, 0.15) is 23.2 Å². The number of likely N-dealkylation sites (tertiary alicyclic amines) is 1. The highest BCUT2D eigenvalue weighted by Crippen LogP contribution is 2.34. The van der Waals surface area contributed by atoms with E-state index in [1.54, 1.807) is 12.1 Å². The summed E-state index contributed by atoms with van der Waals surface area (Å²) < 4.78 is 6.84. The van der Waals surface area contributed by atoms with Gasteiger partial charge in [-0.3, -0.25) is 4.79 Å². The molecule has 7 nitrogen and oxygen atoms in total. The maximum absolute atomic E-state index is 12.0. The Labute approximate surface area is 146 Å². The average molecular weight is 342 g/mol. The van der Waals surface area contributed by atoms with Crippen molar-refractivity contribution in [1.82, 2.24) is 14.5 Å². The molecule has 132 valence electrons. The number of carbonyl (C=O) groups is 2. The summed E-state index contributed by atoms with van der Waals surface area (Å²) in [6.45, 7) is 1.69. The zero-order chi connectivity index (χ0) is 17.7. The molecule has 2 aliphatic rings. The number of rotatable bonds is 2. The molecule has 25 heavy (non-hydrogen) atoms. The predicted molar refractivity (Wildman–Crippen MR) is 93.5 cm³/mol. The SMILES string of the molecule is COC(=O)c1ccc2c(c1)nc(N1CC[C@@H]3CC(=O)N(C)[C@@H]3C1)n2C. The number of aryl methyl sites for hydroxylation is 1. The number of benzene rings is 1. The quantitative estimate of drug-likeness (QED) is 0.772. The molecule has 0 radical (unpaired) electrons. The van der Waals surface area contributed by atoms with Crippen LogP contribution in [0.15, 0.2) is 18.2 Å². The number of nitrogens with zero attached hydrogens (tertiary/aromatic N) is 4. The fraction of sp³-hybridized carbons (Fsp3) is 0.500. The van der Waals surface area contributed by atoms with Crippen molar-refractivity contribution in [2.24, 2.45) is 13.0 Å². The van der Waals surface area contributed by atoms with Gasteiger partial charge >= 0.3 is 5.97 Å². The molecule has 7 heteroatoms. The van der Waals surface area contributed by atoms with Crippen LogP contribution in [0.2, 0.25) is 0 Å². The zero-order valence-corrected chi connectivity index (χ0v) is 14.7. The number of carbonyl (C=O) groups excluding carboxylic acids is 2. The van der Waals surface area contributed by atoms with Gasteiger partial charge in [0.15, 0.2) is 0 Å². The Hall–Kier alpha value is -2.57. The second kappa shape index (κ2) is 5.75. The molecule has 0 unspecified atom stereocenters. The zero-order valence-electron chi connectivity index (χ0n) is 14.7. The predicted octanol–water partition coefficient (Wildman–Crippen LogP) is 1.42. The molecular formula is C18H22N4O3. The third kappa shape index (κ3) is 2.45. The van der Waals surface area contributed by atoms with Crippen molar-refractivity contribution < 1.29 is 14.3 Å². The second-order valence-corrected chi connectivity index (χ2v) is 6.94. The van der Waals surface area contributed by atoms with Gasteiger partial charge in [-0.2, -0.15) is 0 Å². The number of fused-ring (bicyclic) bond motifs is 2. The van der Waals surface area contributed by atoms with E-state index in [0.29, 0.717) is 17.9 Å². The molecule has 2 atom stereocenters. The number of esters is 1. The van der Waals surface area contributed by atoms with Crippen LogP contribution in [-0.2, 0) is 16.6 Å². The molecule has 0 saturated carbocycles. The van der Waals surface area contributed by atoms with E-state index in [1.165, 1.54) is 7.11 Å². The molecule has 0 aliphatic carbocycles. The van der Waals surface area contributed by atoms with Crippen LogP contribution < -0.4 is 4.90 Å². The number of anilines is 1. The summed E-state index contributed by atoms with van der Waals surface area (Å²) in [5.41, 5.74) is 2.25. The first kappa shape index (κ1) is 15.9. The summed E-state index contributed by atoms with van der Waals surface area (Å²) in [6.07, 6.45) is 1.66. The number of methoxy groups -OCH3 is 1. The highest BCUT2D eigenvalue weighted by Gasteiger charge is 2.41. The van der Waals surface area contributed by atoms with Crippen molar-refractivity contribution in [3.8, 4) is 0 Å². The topological polar surface area (TPSA) is 67.7 Å². The van der Waals surface area contributed by atoms with Crippen molar-refractivity contribution in [3.05, 3.63) is 23.8 Å². The van der Waals surface area contributed by atoms with Crippen LogP contribution >= 0.6 is 0 Å². The number of aromatic nitrogens is 2. The Morgan fingerprint density at radius 1 is 1.32 bits per heavy atom. The van der Waals surface area contributed by atoms with E-state index in [9.17, 15) is 9.59 Å². The molecule has 1 amide bonds. The first-order valence-electron chi connectivity index (χ1n) is 8.55. The van der Waals surface area contributed by atoms with E-state index in [-0.39, 0.29) is 17.9 Å². The molecule has 0 N–H and O–H groups in total. The minimum absolute atomic E-state index is 0.240. The summed E-state index contributed by atoms with van der Waals surface area (Å²) in [7, 11) is 5.26. The lowest BCUT2D eigenvalue weighted by molar-refractivity contribution is -0.127. The fourth-order valence-electron chi connectivity index (χ4n) is 4.11. The monoisotopic (exact) mass is 342 g/mol. The number of hydrogen-bond acceptors (Lipinski definition) is 5. The molecule has 0 spiro atoms. The van der Waals surface area contributed by atoms with Gasteiger partial charge in [-0.25, -0.2) is 9.78 Å². The minimum atomic E-state index is -0.360. The van der Waals surface area contributed by atoms with Gasteiger partial charge in [-0.1, -0.05) is 0 Å². The van der Waals surface area contributed by atoms with Crippen molar-refractivity contribution in [2.45, 2.75) is 18.9 Å². The van der Waals surface area contributed by atoms with Gasteiger partial charge in [0.05, 0.1) is 29.7 Å². The molecule has 2 fully saturated rings. The van der Waals surface area contributed by atoms with Gasteiger partial charge in [0.25, 0.3) is 0 Å². The summed E-state index contributed by atoms with van der Waals surface area (Å²) in [4.78, 5) is 32.6. The van der Waals surface area contributed by atoms with Crippen LogP contribution in [-0.4, -0.2) is 59.6 Å². The van der Waals surface area contributed by atoms with Crippen LogP contribution in [0.4, 0.5) is 5.95 Å². The lowest BCUT2D eigenvalue weighted by atomic mass is 9.92. The molecule has 2 aliphatic heterocycles. The van der Waals surface area contributed by atoms with Crippen molar-refractivity contribution >= 4 is 28.9 Å². The van der Waals surface area contributed by atoms with Gasteiger partial charge in [0.2, 0.25) is 11.9 Å². The summed E-state index contributed by atoms with van der Waals surface area (Å²) in [6, 6.07) is 5.68. The number of amides is 1. The molecule has 3 heterocycles. The Morgan fingerprint density at radius 3 is 2.88 bits per heavy atom. The number of piperidine rings is 1. The van der Waals surface area contributed by atoms with Crippen LogP contribution in [0.5, 0.6) is 0 Å². The molecular weight excluding hydrogens is 320 g/mol. The van der Waals surface area contributed by atoms with E-state index in [2.05, 4.69) is 4.90 Å². The van der Waals surface area contributed by atoms with Gasteiger partial charge in [0, 0.05) is 33.6 Å². The van der Waals surface area contributed by atoms with E-state index in [4.69, 9.17) is 9.72 Å². The highest BCUT2D eigenvalue weighted by atomic mass is 16.5. The maximum atomic E-state index is 12.0. The number of likely N-dealkylation sites (N-methyl/N-ethyl adjacent to an activating group) is 1. The van der Waals surface area contributed by atoms with Gasteiger partial charge < -0.3 is 19.1 Å². The third-order valence-corrected chi connectivity index (χ3v) is 5.61. The number of imidazole rings is 1. The van der Waals surface area contributed by atoms with E-state index in [1.807, 2.05) is 29.6 Å². The first-order valence-corrected chi connectivity index (χ1v) is 8.55. The molecule has 0 bridgehead atoms. The maximum Gasteiger partial charge on any atom is 0.337 e. The van der Waals surface area contributed by atoms with E-state index < -0.39 is 0 Å². The van der Waals surface area contributed by atoms with Crippen LogP contribution in [0.3, 0.4) is 0 Å². The van der Waals surface area contributed by atoms with Crippen LogP contribution in [0, 0.1) is 5.92 Å². The highest BCUT2D eigenvalue weighted by molar-refractivity contribution is 5.94. The lowest BCUT2D eigenvalue weighted by Gasteiger charge is -2.37. The molecule has 4 rings (SSSR count). The third-order valence-electron chi connectivity index (χ3n) is 5.61. The van der Waals surface area contributed by atoms with Crippen LogP contribution in [0.25, 0.3) is 11.0 Å². The standard InChI is InChI=1S/C18H22N4O3/c1-20-15-10-22(7-6-11(15)9-16(20)23)18-19-13-8-12(17(24)25-3)4-5-14(13)21(18)2/h4-5,8,11,15H,6-7,9-10H2,1-3H3/t11-,15-/m1/s1. The Morgan fingerprint density at radius 2 is 2.12 bits per heavy atom. The Kier molecular flexibility index (Phi) is 3.67. The Bertz CT molecular complexity index is 859. The number of hydrogen-bond donors (Lipinski definition) is 0. The minimum Gasteiger partial charge on any atom is -0.465 e. The van der Waals surface area contributed by atoms with Gasteiger partial charge in [0.1, 0.15) is 0 Å². The molecule has 2 saturated heterocycles. The summed E-state index contributed by atoms with van der Waals surface area (Å²) in [5, 5.41) is 0. The van der Waals surface area contributed by atoms with Crippen molar-refractivity contribution in [1.29, 1.82) is 0 Å². The first-order chi connectivity index (χ1) is 12.0. The van der Waals surface area contributed by atoms with Crippen molar-refractivity contribution in [2.75, 3.05) is 32.1 Å². The molecule has 1 aromatic heterocycles. The summed E-state index contributed by atoms with van der Waals surface area (Å²) >= 11 is 0. The number of ether oxygens (including phenoxy) is 1. The Balaban J connectivity index is 1.66. The largest absolute Gasteiger partial charge is 0.465 e. The molecule has 1 aromatic carbocycles. The van der Waals surface area contributed by atoms with Crippen molar-refractivity contribution in [3.63, 3.8) is 0 Å². The second-order valence-electron chi connectivity index (χ2n) is 6.94. The van der Waals surface area contributed by atoms with Gasteiger partial charge in [-0.15, -0.1) is 0 Å². The summed E-state index contributed by atoms with van der Waals surface area (Å²) in [5.74, 6) is 1.21. The smallest absolute Gasteiger partial charge is 0.337 e. The lowest BCUT2D eigenvalue weighted by Crippen LogP contribution is -2.48. The van der Waals surface area contributed by atoms with Gasteiger partial charge in [-0.05, 0) is 30.5 Å². The average Bonchev–Trinajstić information content (AvgIpc) is 3.10. The normalized spacial score (nSPS) is 23.2. The molecule has 2 aromatic rings. The van der Waals surface area contributed by atoms with E-state index >= 15 is 0 Å².